The molecule has 0 bridgehead atoms. The maximum Gasteiger partial charge on any atom is 0.242 e. The average molecular weight is 375 g/mol. The molecule has 26 heavy (non-hydrogen) atoms. The Morgan fingerprint density at radius 2 is 1.73 bits per heavy atom. The summed E-state index contributed by atoms with van der Waals surface area (Å²) in [5.74, 6) is -0.135. The maximum absolute atomic E-state index is 12.3. The van der Waals surface area contributed by atoms with Gasteiger partial charge >= 0.3 is 0 Å². The summed E-state index contributed by atoms with van der Waals surface area (Å²) in [6, 6.07) is 12.8. The highest BCUT2D eigenvalue weighted by Crippen LogP contribution is 2.21. The molecule has 0 saturated carbocycles. The summed E-state index contributed by atoms with van der Waals surface area (Å²) < 4.78 is 25.4. The van der Waals surface area contributed by atoms with E-state index in [4.69, 9.17) is 0 Å². The van der Waals surface area contributed by atoms with Crippen LogP contribution < -0.4 is 15.4 Å². The molecule has 0 aliphatic carbocycles. The first kappa shape index (κ1) is 19.8. The molecule has 7 heteroatoms. The first-order chi connectivity index (χ1) is 12.1. The SMILES string of the molecule is Cc1ccc(CNC(=O)C(C)Nc2ccc(C)c(NS(C)(=O)=O)c2)cc1. The molecule has 6 nitrogen and oxygen atoms in total. The van der Waals surface area contributed by atoms with Crippen LogP contribution in [-0.4, -0.2) is 26.6 Å². The minimum absolute atomic E-state index is 0.135. The lowest BCUT2D eigenvalue weighted by Gasteiger charge is -2.17. The van der Waals surface area contributed by atoms with Crippen LogP contribution in [-0.2, 0) is 21.4 Å². The number of hydrogen-bond donors (Lipinski definition) is 3. The Morgan fingerprint density at radius 3 is 2.35 bits per heavy atom. The Kier molecular flexibility index (Phi) is 6.26. The molecule has 0 radical (unpaired) electrons. The largest absolute Gasteiger partial charge is 0.374 e. The number of carbonyl (C=O) groups is 1. The number of rotatable bonds is 7. The van der Waals surface area contributed by atoms with Gasteiger partial charge in [0.2, 0.25) is 15.9 Å². The summed E-state index contributed by atoms with van der Waals surface area (Å²) in [6.45, 7) is 6.05. The van der Waals surface area contributed by atoms with Crippen molar-refractivity contribution in [2.45, 2.75) is 33.4 Å². The Hall–Kier alpha value is -2.54. The van der Waals surface area contributed by atoms with Crippen molar-refractivity contribution in [2.75, 3.05) is 16.3 Å². The molecule has 2 aromatic rings. The van der Waals surface area contributed by atoms with Gasteiger partial charge in [-0.15, -0.1) is 0 Å². The minimum atomic E-state index is -3.36. The van der Waals surface area contributed by atoms with Crippen molar-refractivity contribution in [3.05, 3.63) is 59.2 Å². The van der Waals surface area contributed by atoms with Gasteiger partial charge in [-0.05, 0) is 44.0 Å². The predicted molar refractivity (Wildman–Crippen MR) is 106 cm³/mol. The molecule has 1 unspecified atom stereocenters. The molecule has 0 spiro atoms. The molecule has 0 aliphatic heterocycles. The smallest absolute Gasteiger partial charge is 0.242 e. The second kappa shape index (κ2) is 8.23. The number of carbonyl (C=O) groups excluding carboxylic acids is 1. The zero-order valence-electron chi connectivity index (χ0n) is 15.5. The Morgan fingerprint density at radius 1 is 1.08 bits per heavy atom. The molecule has 0 fully saturated rings. The molecule has 1 amide bonds. The molecule has 1 atom stereocenters. The topological polar surface area (TPSA) is 87.3 Å². The molecule has 0 heterocycles. The molecule has 3 N–H and O–H groups in total. The van der Waals surface area contributed by atoms with Gasteiger partial charge in [0, 0.05) is 12.2 Å². The standard InChI is InChI=1S/C19H25N3O3S/c1-13-5-8-16(9-6-13)12-20-19(23)15(3)21-17-10-7-14(2)18(11-17)22-26(4,24)25/h5-11,15,21-22H,12H2,1-4H3,(H,20,23). The van der Waals surface area contributed by atoms with Crippen LogP contribution in [0.4, 0.5) is 11.4 Å². The van der Waals surface area contributed by atoms with Crippen molar-refractivity contribution in [1.29, 1.82) is 0 Å². The van der Waals surface area contributed by atoms with Gasteiger partial charge in [-0.25, -0.2) is 8.42 Å². The Labute approximate surface area is 155 Å². The second-order valence-electron chi connectivity index (χ2n) is 6.47. The van der Waals surface area contributed by atoms with Crippen LogP contribution in [0.5, 0.6) is 0 Å². The fourth-order valence-corrected chi connectivity index (χ4v) is 3.00. The summed E-state index contributed by atoms with van der Waals surface area (Å²) in [5.41, 5.74) is 4.17. The van der Waals surface area contributed by atoms with Crippen LogP contribution >= 0.6 is 0 Å². The van der Waals surface area contributed by atoms with E-state index < -0.39 is 16.1 Å². The lowest BCUT2D eigenvalue weighted by Crippen LogP contribution is -2.37. The summed E-state index contributed by atoms with van der Waals surface area (Å²) in [5, 5.41) is 5.98. The van der Waals surface area contributed by atoms with E-state index in [0.717, 1.165) is 17.4 Å². The zero-order chi connectivity index (χ0) is 19.3. The van der Waals surface area contributed by atoms with Crippen LogP contribution in [0.2, 0.25) is 0 Å². The van der Waals surface area contributed by atoms with Gasteiger partial charge in [-0.3, -0.25) is 9.52 Å². The lowest BCUT2D eigenvalue weighted by atomic mass is 10.1. The first-order valence-electron chi connectivity index (χ1n) is 8.32. The minimum Gasteiger partial charge on any atom is -0.374 e. The van der Waals surface area contributed by atoms with Gasteiger partial charge < -0.3 is 10.6 Å². The molecule has 2 aromatic carbocycles. The Balaban J connectivity index is 1.97. The second-order valence-corrected chi connectivity index (χ2v) is 8.22. The molecule has 0 aromatic heterocycles. The van der Waals surface area contributed by atoms with Crippen molar-refractivity contribution < 1.29 is 13.2 Å². The van der Waals surface area contributed by atoms with Gasteiger partial charge in [0.25, 0.3) is 0 Å². The first-order valence-corrected chi connectivity index (χ1v) is 10.2. The van der Waals surface area contributed by atoms with Gasteiger partial charge in [-0.2, -0.15) is 0 Å². The summed E-state index contributed by atoms with van der Waals surface area (Å²) in [4.78, 5) is 12.3. The van der Waals surface area contributed by atoms with E-state index in [-0.39, 0.29) is 5.91 Å². The highest BCUT2D eigenvalue weighted by molar-refractivity contribution is 7.92. The van der Waals surface area contributed by atoms with E-state index in [2.05, 4.69) is 15.4 Å². The van der Waals surface area contributed by atoms with Crippen LogP contribution in [0, 0.1) is 13.8 Å². The van der Waals surface area contributed by atoms with Crippen molar-refractivity contribution >= 4 is 27.3 Å². The third-order valence-corrected chi connectivity index (χ3v) is 4.49. The highest BCUT2D eigenvalue weighted by Gasteiger charge is 2.13. The van der Waals surface area contributed by atoms with Crippen molar-refractivity contribution in [2.24, 2.45) is 0 Å². The van der Waals surface area contributed by atoms with Gasteiger partial charge in [0.05, 0.1) is 11.9 Å². The third kappa shape index (κ3) is 6.07. The molecule has 2 rings (SSSR count). The van der Waals surface area contributed by atoms with E-state index >= 15 is 0 Å². The number of aryl methyl sites for hydroxylation is 2. The van der Waals surface area contributed by atoms with Crippen LogP contribution in [0.15, 0.2) is 42.5 Å². The van der Waals surface area contributed by atoms with E-state index in [1.165, 1.54) is 5.56 Å². The molecule has 140 valence electrons. The van der Waals surface area contributed by atoms with Gasteiger partial charge in [-0.1, -0.05) is 35.9 Å². The number of nitrogens with one attached hydrogen (secondary N) is 3. The van der Waals surface area contributed by atoms with Crippen LogP contribution in [0.25, 0.3) is 0 Å². The molecular formula is C19H25N3O3S. The lowest BCUT2D eigenvalue weighted by molar-refractivity contribution is -0.121. The van der Waals surface area contributed by atoms with Crippen LogP contribution in [0.3, 0.4) is 0 Å². The number of hydrogen-bond acceptors (Lipinski definition) is 4. The number of amides is 1. The molecule has 0 saturated heterocycles. The predicted octanol–water partition coefficient (Wildman–Crippen LogP) is 2.79. The van der Waals surface area contributed by atoms with E-state index in [1.54, 1.807) is 19.1 Å². The highest BCUT2D eigenvalue weighted by atomic mass is 32.2. The quantitative estimate of drug-likeness (QED) is 0.694. The fourth-order valence-electron chi connectivity index (χ4n) is 2.39. The van der Waals surface area contributed by atoms with Crippen LogP contribution in [0.1, 0.15) is 23.6 Å². The van der Waals surface area contributed by atoms with E-state index in [9.17, 15) is 13.2 Å². The maximum atomic E-state index is 12.3. The van der Waals surface area contributed by atoms with E-state index in [1.807, 2.05) is 44.2 Å². The van der Waals surface area contributed by atoms with Crippen molar-refractivity contribution in [3.63, 3.8) is 0 Å². The zero-order valence-corrected chi connectivity index (χ0v) is 16.3. The number of anilines is 2. The normalized spacial score (nSPS) is 12.3. The van der Waals surface area contributed by atoms with Gasteiger partial charge in [0.15, 0.2) is 0 Å². The fraction of sp³-hybridized carbons (Fsp3) is 0.316. The van der Waals surface area contributed by atoms with Crippen molar-refractivity contribution in [1.82, 2.24) is 5.32 Å². The molecule has 0 aliphatic rings. The third-order valence-electron chi connectivity index (χ3n) is 3.90. The summed E-state index contributed by atoms with van der Waals surface area (Å²) in [7, 11) is -3.36. The van der Waals surface area contributed by atoms with E-state index in [0.29, 0.717) is 17.9 Å². The average Bonchev–Trinajstić information content (AvgIpc) is 2.55. The number of benzene rings is 2. The summed E-state index contributed by atoms with van der Waals surface area (Å²) >= 11 is 0. The number of sulfonamides is 1. The van der Waals surface area contributed by atoms with Crippen molar-refractivity contribution in [3.8, 4) is 0 Å². The van der Waals surface area contributed by atoms with Gasteiger partial charge in [0.1, 0.15) is 6.04 Å². The molecular weight excluding hydrogens is 350 g/mol. The summed E-state index contributed by atoms with van der Waals surface area (Å²) in [6.07, 6.45) is 1.10. The monoisotopic (exact) mass is 375 g/mol. The Bertz CT molecular complexity index is 877.